The Morgan fingerprint density at radius 1 is 1.16 bits per heavy atom. The number of nitrogens with zero attached hydrogens (tertiary/aromatic N) is 3. The summed E-state index contributed by atoms with van der Waals surface area (Å²) in [4.78, 5) is 16.6. The highest BCUT2D eigenvalue weighted by Crippen LogP contribution is 2.33. The molecule has 2 aliphatic heterocycles. The Balaban J connectivity index is 1.35. The van der Waals surface area contributed by atoms with Crippen LogP contribution in [0.5, 0.6) is 23.1 Å². The molecule has 1 unspecified atom stereocenters. The van der Waals surface area contributed by atoms with Gasteiger partial charge >= 0.3 is 5.69 Å². The molecule has 31 heavy (non-hydrogen) atoms. The Morgan fingerprint density at radius 3 is 2.90 bits per heavy atom. The van der Waals surface area contributed by atoms with E-state index in [1.165, 1.54) is 0 Å². The average Bonchev–Trinajstić information content (AvgIpc) is 2.81. The van der Waals surface area contributed by atoms with Crippen LogP contribution in [0, 0.1) is 11.3 Å². The molecule has 0 fully saturated rings. The second-order valence-corrected chi connectivity index (χ2v) is 7.24. The molecule has 3 heterocycles. The first-order valence-corrected chi connectivity index (χ1v) is 9.97. The molecule has 0 spiro atoms. The van der Waals surface area contributed by atoms with E-state index < -0.39 is 0 Å². The molecule has 0 saturated carbocycles. The van der Waals surface area contributed by atoms with Crippen molar-refractivity contribution in [3.63, 3.8) is 0 Å². The number of aromatic nitrogens is 2. The molecule has 0 bridgehead atoms. The molecule has 2 aromatic carbocycles. The molecular weight excluding hydrogens is 398 g/mol. The third-order valence-electron chi connectivity index (χ3n) is 5.23. The predicted molar refractivity (Wildman–Crippen MR) is 111 cm³/mol. The minimum absolute atomic E-state index is 0.00579. The maximum Gasteiger partial charge on any atom is 0.351 e. The van der Waals surface area contributed by atoms with Crippen LogP contribution in [0.2, 0.25) is 0 Å². The lowest BCUT2D eigenvalue weighted by Gasteiger charge is -2.26. The summed E-state index contributed by atoms with van der Waals surface area (Å²) in [5.41, 5.74) is 2.36. The van der Waals surface area contributed by atoms with Crippen molar-refractivity contribution in [2.75, 3.05) is 19.8 Å². The van der Waals surface area contributed by atoms with E-state index in [2.05, 4.69) is 4.98 Å². The number of ether oxygens (including phenoxy) is 4. The van der Waals surface area contributed by atoms with Crippen LogP contribution < -0.4 is 24.6 Å². The van der Waals surface area contributed by atoms with Crippen molar-refractivity contribution >= 4 is 0 Å². The van der Waals surface area contributed by atoms with Crippen molar-refractivity contribution in [2.24, 2.45) is 0 Å². The summed E-state index contributed by atoms with van der Waals surface area (Å²) in [5.74, 6) is 2.26. The molecule has 0 aliphatic carbocycles. The number of hydrogen-bond acceptors (Lipinski definition) is 7. The molecule has 0 radical (unpaired) electrons. The number of hydrogen-bond donors (Lipinski definition) is 0. The lowest BCUT2D eigenvalue weighted by atomic mass is 9.97. The maximum atomic E-state index is 12.6. The molecule has 8 heteroatoms. The van der Waals surface area contributed by atoms with E-state index in [1.54, 1.807) is 16.7 Å². The van der Waals surface area contributed by atoms with Gasteiger partial charge in [-0.3, -0.25) is 4.57 Å². The van der Waals surface area contributed by atoms with Gasteiger partial charge in [-0.15, -0.1) is 0 Å². The highest BCUT2D eigenvalue weighted by Gasteiger charge is 2.23. The molecule has 0 amide bonds. The minimum Gasteiger partial charge on any atom is -0.486 e. The number of rotatable bonds is 5. The molecule has 1 atom stereocenters. The Labute approximate surface area is 178 Å². The molecule has 2 aliphatic rings. The molecule has 1 aromatic heterocycles. The fourth-order valence-electron chi connectivity index (χ4n) is 3.79. The van der Waals surface area contributed by atoms with Crippen LogP contribution in [0.4, 0.5) is 0 Å². The minimum atomic E-state index is -0.353. The maximum absolute atomic E-state index is 12.6. The zero-order chi connectivity index (χ0) is 21.2. The van der Waals surface area contributed by atoms with Crippen LogP contribution in [0.1, 0.15) is 5.56 Å². The van der Waals surface area contributed by atoms with Crippen LogP contribution >= 0.6 is 0 Å². The third kappa shape index (κ3) is 3.78. The van der Waals surface area contributed by atoms with Crippen molar-refractivity contribution in [3.05, 3.63) is 64.6 Å². The summed E-state index contributed by atoms with van der Waals surface area (Å²) >= 11 is 0. The van der Waals surface area contributed by atoms with Gasteiger partial charge in [-0.1, -0.05) is 12.1 Å². The van der Waals surface area contributed by atoms with Crippen molar-refractivity contribution in [2.45, 2.75) is 19.1 Å². The van der Waals surface area contributed by atoms with Gasteiger partial charge in [0, 0.05) is 18.2 Å². The van der Waals surface area contributed by atoms with E-state index >= 15 is 0 Å². The Kier molecular flexibility index (Phi) is 4.92. The first kappa shape index (κ1) is 19.0. The topological polar surface area (TPSA) is 95.6 Å². The normalized spacial score (nSPS) is 15.9. The SMILES string of the molecule is N#CCOc1ccc2c(c1)CCn1c-2cc(OCC2COc3ccccc3O2)nc1=O. The fraction of sp³-hybridized carbons (Fsp3) is 0.261. The van der Waals surface area contributed by atoms with E-state index in [0.717, 1.165) is 16.8 Å². The van der Waals surface area contributed by atoms with Gasteiger partial charge < -0.3 is 18.9 Å². The van der Waals surface area contributed by atoms with Gasteiger partial charge in [0.25, 0.3) is 0 Å². The van der Waals surface area contributed by atoms with Gasteiger partial charge in [0.15, 0.2) is 24.2 Å². The van der Waals surface area contributed by atoms with Gasteiger partial charge in [0.05, 0.1) is 5.69 Å². The van der Waals surface area contributed by atoms with Crippen molar-refractivity contribution in [3.8, 4) is 40.5 Å². The van der Waals surface area contributed by atoms with Crippen LogP contribution in [0.15, 0.2) is 53.3 Å². The molecular formula is C23H19N3O5. The van der Waals surface area contributed by atoms with Crippen molar-refractivity contribution < 1.29 is 18.9 Å². The van der Waals surface area contributed by atoms with E-state index in [9.17, 15) is 4.79 Å². The van der Waals surface area contributed by atoms with Gasteiger partial charge in [0.2, 0.25) is 5.88 Å². The zero-order valence-corrected chi connectivity index (χ0v) is 16.6. The second-order valence-electron chi connectivity index (χ2n) is 7.24. The number of benzene rings is 2. The highest BCUT2D eigenvalue weighted by molar-refractivity contribution is 5.67. The van der Waals surface area contributed by atoms with E-state index in [0.29, 0.717) is 36.8 Å². The molecule has 0 saturated heterocycles. The van der Waals surface area contributed by atoms with Crippen LogP contribution in [-0.2, 0) is 13.0 Å². The Morgan fingerprint density at radius 2 is 2.03 bits per heavy atom. The zero-order valence-electron chi connectivity index (χ0n) is 16.6. The first-order valence-electron chi connectivity index (χ1n) is 9.97. The van der Waals surface area contributed by atoms with E-state index in [-0.39, 0.29) is 30.9 Å². The fourth-order valence-corrected chi connectivity index (χ4v) is 3.79. The third-order valence-corrected chi connectivity index (χ3v) is 5.23. The van der Waals surface area contributed by atoms with Crippen molar-refractivity contribution in [1.29, 1.82) is 5.26 Å². The smallest absolute Gasteiger partial charge is 0.351 e. The molecule has 5 rings (SSSR count). The standard InChI is InChI=1S/C23H19N3O5/c24-8-10-28-16-5-6-18-15(11-16)7-9-26-19(18)12-22(25-23(26)27)30-14-17-13-29-20-3-1-2-4-21(20)31-17/h1-6,11-12,17H,7,9-10,13-14H2. The van der Waals surface area contributed by atoms with Gasteiger partial charge in [-0.2, -0.15) is 10.2 Å². The summed E-state index contributed by atoms with van der Waals surface area (Å²) in [6.07, 6.45) is 0.378. The number of para-hydroxylation sites is 2. The van der Waals surface area contributed by atoms with E-state index in [4.69, 9.17) is 24.2 Å². The van der Waals surface area contributed by atoms with Gasteiger partial charge in [0.1, 0.15) is 25.0 Å². The number of aryl methyl sites for hydroxylation is 1. The lowest BCUT2D eigenvalue weighted by Crippen LogP contribution is -2.35. The van der Waals surface area contributed by atoms with Gasteiger partial charge in [-0.25, -0.2) is 4.79 Å². The Bertz CT molecular complexity index is 1230. The number of nitriles is 1. The molecule has 3 aromatic rings. The predicted octanol–water partition coefficient (Wildman–Crippen LogP) is 2.59. The van der Waals surface area contributed by atoms with Crippen LogP contribution in [0.3, 0.4) is 0 Å². The first-order chi connectivity index (χ1) is 15.2. The Hall–Kier alpha value is -3.99. The quantitative estimate of drug-likeness (QED) is 0.630. The van der Waals surface area contributed by atoms with Gasteiger partial charge in [-0.05, 0) is 42.3 Å². The van der Waals surface area contributed by atoms with Crippen LogP contribution in [0.25, 0.3) is 11.3 Å². The largest absolute Gasteiger partial charge is 0.486 e. The van der Waals surface area contributed by atoms with Crippen LogP contribution in [-0.4, -0.2) is 35.5 Å². The summed E-state index contributed by atoms with van der Waals surface area (Å²) in [7, 11) is 0. The van der Waals surface area contributed by atoms with E-state index in [1.807, 2.05) is 42.5 Å². The monoisotopic (exact) mass is 417 g/mol. The molecule has 8 nitrogen and oxygen atoms in total. The highest BCUT2D eigenvalue weighted by atomic mass is 16.6. The molecule has 0 N–H and O–H groups in total. The second kappa shape index (κ2) is 8.03. The summed E-state index contributed by atoms with van der Waals surface area (Å²) in [5, 5.41) is 8.70. The summed E-state index contributed by atoms with van der Waals surface area (Å²) in [6.45, 7) is 1.08. The van der Waals surface area contributed by atoms with Crippen molar-refractivity contribution in [1.82, 2.24) is 9.55 Å². The summed E-state index contributed by atoms with van der Waals surface area (Å²) in [6, 6.07) is 16.8. The average molecular weight is 417 g/mol. The lowest BCUT2D eigenvalue weighted by molar-refractivity contribution is 0.0520. The number of fused-ring (bicyclic) bond motifs is 4. The molecule has 156 valence electrons. The summed E-state index contributed by atoms with van der Waals surface area (Å²) < 4.78 is 24.4.